The molecular weight excluding hydrogens is 264 g/mol. The lowest BCUT2D eigenvalue weighted by atomic mass is 10.0. The molecule has 1 aromatic rings. The van der Waals surface area contributed by atoms with Gasteiger partial charge in [0.15, 0.2) is 0 Å². The number of aryl methyl sites for hydroxylation is 1. The van der Waals surface area contributed by atoms with E-state index in [0.29, 0.717) is 6.04 Å². The third kappa shape index (κ3) is 4.31. The van der Waals surface area contributed by atoms with Gasteiger partial charge in [-0.05, 0) is 65.4 Å². The molecule has 1 aliphatic rings. The molecule has 2 heterocycles. The molecule has 0 amide bonds. The molecule has 114 valence electrons. The number of hydrogen-bond acceptors (Lipinski definition) is 3. The van der Waals surface area contributed by atoms with Gasteiger partial charge in [0.1, 0.15) is 0 Å². The molecule has 0 radical (unpaired) electrons. The normalized spacial score (nSPS) is 18.3. The molecule has 20 heavy (non-hydrogen) atoms. The summed E-state index contributed by atoms with van der Waals surface area (Å²) in [6, 6.07) is 6.12. The maximum Gasteiger partial charge on any atom is 0.0327 e. The number of rotatable bonds is 6. The lowest BCUT2D eigenvalue weighted by Gasteiger charge is -2.38. The zero-order chi connectivity index (χ0) is 14.5. The van der Waals surface area contributed by atoms with Crippen LogP contribution in [-0.4, -0.2) is 42.0 Å². The second-order valence-electron chi connectivity index (χ2n) is 6.39. The molecule has 0 bridgehead atoms. The molecule has 3 heteroatoms. The van der Waals surface area contributed by atoms with Crippen molar-refractivity contribution < 1.29 is 0 Å². The first-order valence-corrected chi connectivity index (χ1v) is 8.93. The minimum Gasteiger partial charge on any atom is -0.301 e. The van der Waals surface area contributed by atoms with Crippen LogP contribution in [0.1, 0.15) is 49.8 Å². The van der Waals surface area contributed by atoms with E-state index in [9.17, 15) is 0 Å². The second-order valence-corrected chi connectivity index (χ2v) is 7.65. The average Bonchev–Trinajstić information content (AvgIpc) is 2.86. The first-order chi connectivity index (χ1) is 9.60. The Kier molecular flexibility index (Phi) is 6.06. The Morgan fingerprint density at radius 2 is 1.90 bits per heavy atom. The predicted octanol–water partition coefficient (Wildman–Crippen LogP) is 4.01. The van der Waals surface area contributed by atoms with Gasteiger partial charge < -0.3 is 4.90 Å². The van der Waals surface area contributed by atoms with E-state index >= 15 is 0 Å². The Hall–Kier alpha value is -0.380. The largest absolute Gasteiger partial charge is 0.301 e. The molecule has 2 nitrogen and oxygen atoms in total. The highest BCUT2D eigenvalue weighted by Crippen LogP contribution is 2.23. The molecular formula is C17H30N2S. The molecule has 0 aromatic carbocycles. The van der Waals surface area contributed by atoms with Crippen molar-refractivity contribution >= 4 is 11.3 Å². The van der Waals surface area contributed by atoms with E-state index in [0.717, 1.165) is 12.6 Å². The van der Waals surface area contributed by atoms with Crippen LogP contribution < -0.4 is 0 Å². The van der Waals surface area contributed by atoms with Crippen LogP contribution in [0.3, 0.4) is 0 Å². The molecule has 1 fully saturated rings. The highest BCUT2D eigenvalue weighted by molar-refractivity contribution is 7.11. The van der Waals surface area contributed by atoms with Crippen molar-refractivity contribution in [1.29, 1.82) is 0 Å². The van der Waals surface area contributed by atoms with E-state index in [-0.39, 0.29) is 0 Å². The molecule has 0 saturated carbocycles. The summed E-state index contributed by atoms with van der Waals surface area (Å²) in [5.41, 5.74) is 0. The predicted molar refractivity (Wildman–Crippen MR) is 89.5 cm³/mol. The van der Waals surface area contributed by atoms with Crippen LogP contribution in [0.15, 0.2) is 12.1 Å². The number of piperidine rings is 1. The highest BCUT2D eigenvalue weighted by atomic mass is 32.1. The molecule has 0 unspecified atom stereocenters. The van der Waals surface area contributed by atoms with Crippen LogP contribution in [0.5, 0.6) is 0 Å². The van der Waals surface area contributed by atoms with Gasteiger partial charge in [0, 0.05) is 28.4 Å². The minimum absolute atomic E-state index is 0.704. The fraction of sp³-hybridized carbons (Fsp3) is 0.765. The minimum atomic E-state index is 0.704. The summed E-state index contributed by atoms with van der Waals surface area (Å²) in [5.74, 6) is 0. The van der Waals surface area contributed by atoms with Crippen LogP contribution >= 0.6 is 11.3 Å². The SMILES string of the molecule is CCCc1ccc(CN(C)C2CCN(C(C)C)CC2)s1. The zero-order valence-corrected chi connectivity index (χ0v) is 14.4. The maximum atomic E-state index is 2.61. The summed E-state index contributed by atoms with van der Waals surface area (Å²) in [4.78, 5) is 8.25. The Bertz CT molecular complexity index is 391. The fourth-order valence-electron chi connectivity index (χ4n) is 3.11. The van der Waals surface area contributed by atoms with Crippen molar-refractivity contribution in [3.63, 3.8) is 0 Å². The lowest BCUT2D eigenvalue weighted by molar-refractivity contribution is 0.105. The van der Waals surface area contributed by atoms with E-state index in [2.05, 4.69) is 49.8 Å². The van der Waals surface area contributed by atoms with Crippen molar-refractivity contribution in [2.24, 2.45) is 0 Å². The smallest absolute Gasteiger partial charge is 0.0327 e. The quantitative estimate of drug-likeness (QED) is 0.782. The molecule has 1 aromatic heterocycles. The maximum absolute atomic E-state index is 2.61. The molecule has 0 N–H and O–H groups in total. The topological polar surface area (TPSA) is 6.48 Å². The summed E-state index contributed by atoms with van der Waals surface area (Å²) in [7, 11) is 2.30. The van der Waals surface area contributed by atoms with E-state index in [4.69, 9.17) is 0 Å². The fourth-order valence-corrected chi connectivity index (χ4v) is 4.29. The van der Waals surface area contributed by atoms with Crippen molar-refractivity contribution in [2.75, 3.05) is 20.1 Å². The number of nitrogens with zero attached hydrogens (tertiary/aromatic N) is 2. The van der Waals surface area contributed by atoms with Crippen molar-refractivity contribution in [3.05, 3.63) is 21.9 Å². The highest BCUT2D eigenvalue weighted by Gasteiger charge is 2.23. The molecule has 0 spiro atoms. The van der Waals surface area contributed by atoms with Gasteiger partial charge in [0.25, 0.3) is 0 Å². The molecule has 2 rings (SSSR count). The van der Waals surface area contributed by atoms with Gasteiger partial charge in [-0.3, -0.25) is 4.90 Å². The molecule has 1 aliphatic heterocycles. The van der Waals surface area contributed by atoms with Crippen LogP contribution in [0.2, 0.25) is 0 Å². The summed E-state index contributed by atoms with van der Waals surface area (Å²) in [6.07, 6.45) is 5.13. The van der Waals surface area contributed by atoms with Crippen LogP contribution in [-0.2, 0) is 13.0 Å². The van der Waals surface area contributed by atoms with E-state index in [1.165, 1.54) is 43.6 Å². The van der Waals surface area contributed by atoms with E-state index in [1.54, 1.807) is 4.88 Å². The summed E-state index contributed by atoms with van der Waals surface area (Å²) < 4.78 is 0. The summed E-state index contributed by atoms with van der Waals surface area (Å²) in [5, 5.41) is 0. The summed E-state index contributed by atoms with van der Waals surface area (Å²) >= 11 is 2.00. The summed E-state index contributed by atoms with van der Waals surface area (Å²) in [6.45, 7) is 10.5. The van der Waals surface area contributed by atoms with Gasteiger partial charge in [-0.15, -0.1) is 11.3 Å². The van der Waals surface area contributed by atoms with Gasteiger partial charge in [-0.2, -0.15) is 0 Å². The van der Waals surface area contributed by atoms with Crippen molar-refractivity contribution in [3.8, 4) is 0 Å². The Balaban J connectivity index is 1.81. The molecule has 0 aliphatic carbocycles. The standard InChI is InChI=1S/C17H30N2S/c1-5-6-16-7-8-17(20-16)13-18(4)15-9-11-19(12-10-15)14(2)3/h7-8,14-15H,5-6,9-13H2,1-4H3. The third-order valence-corrected chi connectivity index (χ3v) is 5.60. The first kappa shape index (κ1) is 16.0. The van der Waals surface area contributed by atoms with Gasteiger partial charge >= 0.3 is 0 Å². The van der Waals surface area contributed by atoms with Gasteiger partial charge in [0.2, 0.25) is 0 Å². The molecule has 1 saturated heterocycles. The zero-order valence-electron chi connectivity index (χ0n) is 13.6. The monoisotopic (exact) mass is 294 g/mol. The van der Waals surface area contributed by atoms with Crippen molar-refractivity contribution in [2.45, 2.75) is 65.1 Å². The Morgan fingerprint density at radius 1 is 1.25 bits per heavy atom. The number of hydrogen-bond donors (Lipinski definition) is 0. The number of likely N-dealkylation sites (tertiary alicyclic amines) is 1. The van der Waals surface area contributed by atoms with Gasteiger partial charge in [-0.25, -0.2) is 0 Å². The molecule has 0 atom stereocenters. The average molecular weight is 295 g/mol. The van der Waals surface area contributed by atoms with Crippen LogP contribution in [0.4, 0.5) is 0 Å². The second kappa shape index (κ2) is 7.58. The van der Waals surface area contributed by atoms with Crippen molar-refractivity contribution in [1.82, 2.24) is 9.80 Å². The van der Waals surface area contributed by atoms with E-state index in [1.807, 2.05) is 11.3 Å². The lowest BCUT2D eigenvalue weighted by Crippen LogP contribution is -2.45. The first-order valence-electron chi connectivity index (χ1n) is 8.12. The Morgan fingerprint density at radius 3 is 2.50 bits per heavy atom. The van der Waals surface area contributed by atoms with Crippen LogP contribution in [0, 0.1) is 0 Å². The van der Waals surface area contributed by atoms with E-state index < -0.39 is 0 Å². The third-order valence-electron chi connectivity index (χ3n) is 4.47. The van der Waals surface area contributed by atoms with Crippen LogP contribution in [0.25, 0.3) is 0 Å². The Labute approximate surface area is 128 Å². The van der Waals surface area contributed by atoms with Gasteiger partial charge in [0.05, 0.1) is 0 Å². The number of thiophene rings is 1. The van der Waals surface area contributed by atoms with Gasteiger partial charge in [-0.1, -0.05) is 13.3 Å².